The number of ether oxygens (including phenoxy) is 1. The molecule has 2 atom stereocenters. The lowest BCUT2D eigenvalue weighted by atomic mass is 10.1. The second-order valence-corrected chi connectivity index (χ2v) is 4.88. The molecule has 2 unspecified atom stereocenters. The predicted molar refractivity (Wildman–Crippen MR) is 68.9 cm³/mol. The van der Waals surface area contributed by atoms with Crippen LogP contribution in [0.15, 0.2) is 12.2 Å². The lowest BCUT2D eigenvalue weighted by Crippen LogP contribution is -2.55. The van der Waals surface area contributed by atoms with Crippen molar-refractivity contribution in [3.05, 3.63) is 12.2 Å². The standard InChI is InChI=1S/C13H24N2O2/c1-6-17-13(16)10(2)7-15-8-11(3)14(5)12(4)9-15/h11-12H,2,6-9H2,1,3-5H3. The Bertz CT molecular complexity index is 279. The highest BCUT2D eigenvalue weighted by atomic mass is 16.5. The van der Waals surface area contributed by atoms with Crippen LogP contribution in [0.25, 0.3) is 0 Å². The fourth-order valence-electron chi connectivity index (χ4n) is 2.21. The first kappa shape index (κ1) is 14.2. The minimum Gasteiger partial charge on any atom is -0.463 e. The first-order chi connectivity index (χ1) is 7.95. The van der Waals surface area contributed by atoms with E-state index in [1.165, 1.54) is 0 Å². The van der Waals surface area contributed by atoms with Gasteiger partial charge in [0.2, 0.25) is 0 Å². The van der Waals surface area contributed by atoms with Gasteiger partial charge in [0.1, 0.15) is 0 Å². The molecule has 1 heterocycles. The van der Waals surface area contributed by atoms with Crippen molar-refractivity contribution in [2.45, 2.75) is 32.9 Å². The van der Waals surface area contributed by atoms with Crippen LogP contribution in [-0.2, 0) is 9.53 Å². The molecule has 0 aliphatic carbocycles. The number of piperazine rings is 1. The number of rotatable bonds is 4. The fourth-order valence-corrected chi connectivity index (χ4v) is 2.21. The van der Waals surface area contributed by atoms with E-state index in [4.69, 9.17) is 4.74 Å². The molecule has 0 N–H and O–H groups in total. The normalized spacial score (nSPS) is 26.8. The van der Waals surface area contributed by atoms with Crippen LogP contribution in [0.5, 0.6) is 0 Å². The monoisotopic (exact) mass is 240 g/mol. The molecule has 1 aliphatic heterocycles. The zero-order valence-electron chi connectivity index (χ0n) is 11.4. The zero-order chi connectivity index (χ0) is 13.0. The Kier molecular flexibility index (Phi) is 5.15. The van der Waals surface area contributed by atoms with Gasteiger partial charge in [0.15, 0.2) is 0 Å². The van der Waals surface area contributed by atoms with Crippen LogP contribution in [0.3, 0.4) is 0 Å². The van der Waals surface area contributed by atoms with E-state index in [2.05, 4.69) is 37.3 Å². The lowest BCUT2D eigenvalue weighted by Gasteiger charge is -2.42. The van der Waals surface area contributed by atoms with Crippen LogP contribution >= 0.6 is 0 Å². The molecular weight excluding hydrogens is 216 g/mol. The molecule has 98 valence electrons. The maximum absolute atomic E-state index is 11.5. The Morgan fingerprint density at radius 3 is 2.35 bits per heavy atom. The minimum absolute atomic E-state index is 0.272. The van der Waals surface area contributed by atoms with E-state index in [0.29, 0.717) is 30.8 Å². The average Bonchev–Trinajstić information content (AvgIpc) is 2.26. The van der Waals surface area contributed by atoms with Gasteiger partial charge < -0.3 is 4.74 Å². The Hall–Kier alpha value is -0.870. The summed E-state index contributed by atoms with van der Waals surface area (Å²) in [5.74, 6) is -0.272. The van der Waals surface area contributed by atoms with Crippen molar-refractivity contribution in [1.82, 2.24) is 9.80 Å². The topological polar surface area (TPSA) is 32.8 Å². The Morgan fingerprint density at radius 2 is 1.88 bits per heavy atom. The highest BCUT2D eigenvalue weighted by Crippen LogP contribution is 2.14. The zero-order valence-corrected chi connectivity index (χ0v) is 11.4. The van der Waals surface area contributed by atoms with E-state index in [-0.39, 0.29) is 5.97 Å². The van der Waals surface area contributed by atoms with Crippen LogP contribution in [0.2, 0.25) is 0 Å². The molecule has 0 amide bonds. The molecule has 1 rings (SSSR count). The highest BCUT2D eigenvalue weighted by molar-refractivity contribution is 5.88. The van der Waals surface area contributed by atoms with Crippen LogP contribution in [0.4, 0.5) is 0 Å². The number of hydrogen-bond acceptors (Lipinski definition) is 4. The number of likely N-dealkylation sites (N-methyl/N-ethyl adjacent to an activating group) is 1. The van der Waals surface area contributed by atoms with E-state index in [1.54, 1.807) is 0 Å². The van der Waals surface area contributed by atoms with E-state index in [0.717, 1.165) is 13.1 Å². The molecule has 0 aromatic carbocycles. The number of hydrogen-bond donors (Lipinski definition) is 0. The summed E-state index contributed by atoms with van der Waals surface area (Å²) >= 11 is 0. The van der Waals surface area contributed by atoms with Crippen molar-refractivity contribution >= 4 is 5.97 Å². The highest BCUT2D eigenvalue weighted by Gasteiger charge is 2.27. The summed E-state index contributed by atoms with van der Waals surface area (Å²) in [7, 11) is 2.15. The van der Waals surface area contributed by atoms with Crippen LogP contribution in [0, 0.1) is 0 Å². The molecule has 1 saturated heterocycles. The van der Waals surface area contributed by atoms with Gasteiger partial charge in [-0.2, -0.15) is 0 Å². The van der Waals surface area contributed by atoms with Crippen molar-refractivity contribution in [1.29, 1.82) is 0 Å². The van der Waals surface area contributed by atoms with Gasteiger partial charge in [-0.1, -0.05) is 6.58 Å². The maximum Gasteiger partial charge on any atom is 0.334 e. The van der Waals surface area contributed by atoms with Gasteiger partial charge in [0.25, 0.3) is 0 Å². The number of esters is 1. The average molecular weight is 240 g/mol. The molecule has 0 aromatic rings. The fraction of sp³-hybridized carbons (Fsp3) is 0.769. The van der Waals surface area contributed by atoms with Gasteiger partial charge >= 0.3 is 5.97 Å². The summed E-state index contributed by atoms with van der Waals surface area (Å²) in [5.41, 5.74) is 0.552. The predicted octanol–water partition coefficient (Wildman–Crippen LogP) is 1.13. The Balaban J connectivity index is 2.47. The van der Waals surface area contributed by atoms with Crippen molar-refractivity contribution in [2.24, 2.45) is 0 Å². The Labute approximate surface area is 104 Å². The van der Waals surface area contributed by atoms with E-state index in [9.17, 15) is 4.79 Å². The van der Waals surface area contributed by atoms with Gasteiger partial charge in [-0.15, -0.1) is 0 Å². The van der Waals surface area contributed by atoms with E-state index >= 15 is 0 Å². The van der Waals surface area contributed by atoms with Crippen LogP contribution in [0.1, 0.15) is 20.8 Å². The van der Waals surface area contributed by atoms with E-state index in [1.807, 2.05) is 6.92 Å². The number of carbonyl (C=O) groups excluding carboxylic acids is 1. The second-order valence-electron chi connectivity index (χ2n) is 4.88. The Morgan fingerprint density at radius 1 is 1.35 bits per heavy atom. The van der Waals surface area contributed by atoms with E-state index < -0.39 is 0 Å². The molecule has 0 aromatic heterocycles. The molecule has 1 aliphatic rings. The summed E-state index contributed by atoms with van der Waals surface area (Å²) in [5, 5.41) is 0. The second kappa shape index (κ2) is 6.17. The minimum atomic E-state index is -0.272. The summed E-state index contributed by atoms with van der Waals surface area (Å²) in [6.07, 6.45) is 0. The molecule has 17 heavy (non-hydrogen) atoms. The third-order valence-corrected chi connectivity index (χ3v) is 3.41. The van der Waals surface area contributed by atoms with Gasteiger partial charge in [0, 0.05) is 37.3 Å². The SMILES string of the molecule is C=C(CN1CC(C)N(C)C(C)C1)C(=O)OCC. The van der Waals surface area contributed by atoms with Crippen LogP contribution in [-0.4, -0.2) is 61.1 Å². The molecule has 1 fully saturated rings. The number of nitrogens with zero attached hydrogens (tertiary/aromatic N) is 2. The molecule has 0 spiro atoms. The number of carbonyl (C=O) groups is 1. The molecule has 0 bridgehead atoms. The molecule has 4 nitrogen and oxygen atoms in total. The van der Waals surface area contributed by atoms with Gasteiger partial charge in [-0.3, -0.25) is 9.80 Å². The summed E-state index contributed by atoms with van der Waals surface area (Å²) in [6.45, 7) is 13.0. The summed E-state index contributed by atoms with van der Waals surface area (Å²) < 4.78 is 4.94. The smallest absolute Gasteiger partial charge is 0.334 e. The molecule has 4 heteroatoms. The molecule has 0 radical (unpaired) electrons. The van der Waals surface area contributed by atoms with Crippen molar-refractivity contribution < 1.29 is 9.53 Å². The lowest BCUT2D eigenvalue weighted by molar-refractivity contribution is -0.138. The van der Waals surface area contributed by atoms with Gasteiger partial charge in [0.05, 0.1) is 6.61 Å². The first-order valence-electron chi connectivity index (χ1n) is 6.24. The van der Waals surface area contributed by atoms with Crippen molar-refractivity contribution in [3.8, 4) is 0 Å². The third-order valence-electron chi connectivity index (χ3n) is 3.41. The largest absolute Gasteiger partial charge is 0.463 e. The maximum atomic E-state index is 11.5. The quantitative estimate of drug-likeness (QED) is 0.545. The van der Waals surface area contributed by atoms with Crippen LogP contribution < -0.4 is 0 Å². The third kappa shape index (κ3) is 3.82. The summed E-state index contributed by atoms with van der Waals surface area (Å²) in [4.78, 5) is 16.1. The first-order valence-corrected chi connectivity index (χ1v) is 6.24. The van der Waals surface area contributed by atoms with Crippen molar-refractivity contribution in [2.75, 3.05) is 33.3 Å². The van der Waals surface area contributed by atoms with Gasteiger partial charge in [-0.25, -0.2) is 4.79 Å². The van der Waals surface area contributed by atoms with Crippen molar-refractivity contribution in [3.63, 3.8) is 0 Å². The van der Waals surface area contributed by atoms with Gasteiger partial charge in [-0.05, 0) is 27.8 Å². The molecule has 0 saturated carbocycles. The molecular formula is C13H24N2O2. The summed E-state index contributed by atoms with van der Waals surface area (Å²) in [6, 6.07) is 1.02.